The van der Waals surface area contributed by atoms with E-state index in [1.54, 1.807) is 27.0 Å². The molecule has 22 heavy (non-hydrogen) atoms. The molecule has 0 fully saturated rings. The maximum Gasteiger partial charge on any atom is 0.304 e. The maximum absolute atomic E-state index is 12.2. The number of nitrogens with zero attached hydrogens (tertiary/aromatic N) is 1. The lowest BCUT2D eigenvalue weighted by atomic mass is 10.0. The van der Waals surface area contributed by atoms with Crippen molar-refractivity contribution < 1.29 is 23.1 Å². The summed E-state index contributed by atoms with van der Waals surface area (Å²) in [6, 6.07) is 4.45. The van der Waals surface area contributed by atoms with E-state index in [0.717, 1.165) is 5.57 Å². The number of aliphatic carboxylic acids is 1. The van der Waals surface area contributed by atoms with Crippen molar-refractivity contribution in [2.75, 3.05) is 17.7 Å². The molecule has 0 radical (unpaired) electrons. The molecule has 0 bridgehead atoms. The van der Waals surface area contributed by atoms with Crippen LogP contribution in [0.25, 0.3) is 5.57 Å². The van der Waals surface area contributed by atoms with Crippen LogP contribution in [0.1, 0.15) is 25.8 Å². The zero-order valence-corrected chi connectivity index (χ0v) is 13.4. The van der Waals surface area contributed by atoms with Crippen LogP contribution in [-0.4, -0.2) is 38.2 Å². The van der Waals surface area contributed by atoms with Crippen LogP contribution in [0.2, 0.25) is 0 Å². The van der Waals surface area contributed by atoms with Crippen molar-refractivity contribution in [3.63, 3.8) is 0 Å². The van der Waals surface area contributed by atoms with E-state index in [1.165, 1.54) is 17.0 Å². The quantitative estimate of drug-likeness (QED) is 0.852. The Morgan fingerprint density at radius 1 is 1.27 bits per heavy atom. The van der Waals surface area contributed by atoms with Crippen LogP contribution in [-0.2, 0) is 19.4 Å². The second-order valence-electron chi connectivity index (χ2n) is 5.38. The normalized spacial score (nSPS) is 14.2. The van der Waals surface area contributed by atoms with Gasteiger partial charge in [0.2, 0.25) is 0 Å². The number of carboxylic acids is 1. The topological polar surface area (TPSA) is 91.8 Å². The zero-order chi connectivity index (χ0) is 16.7. The third-order valence-corrected chi connectivity index (χ3v) is 5.27. The van der Waals surface area contributed by atoms with E-state index in [1.807, 2.05) is 0 Å². The molecule has 6 nitrogen and oxygen atoms in total. The predicted octanol–water partition coefficient (Wildman–Crippen LogP) is 1.70. The number of amides is 1. The van der Waals surface area contributed by atoms with Gasteiger partial charge in [0, 0.05) is 18.2 Å². The highest BCUT2D eigenvalue weighted by Crippen LogP contribution is 2.38. The van der Waals surface area contributed by atoms with Gasteiger partial charge in [-0.1, -0.05) is 5.57 Å². The lowest BCUT2D eigenvalue weighted by Gasteiger charge is -2.10. The number of hydrogen-bond donors (Lipinski definition) is 1. The van der Waals surface area contributed by atoms with Gasteiger partial charge < -0.3 is 10.0 Å². The van der Waals surface area contributed by atoms with E-state index in [4.69, 9.17) is 5.11 Å². The largest absolute Gasteiger partial charge is 0.481 e. The molecule has 1 aliphatic rings. The standard InChI is InChI=1S/C15H17NO5S/c1-9(2)14-11-8-10(22(20,21)7-6-13(17)18)4-5-12(11)16(3)15(14)19/h4-5,8H,6-7H2,1-3H3,(H,17,18). The number of carbonyl (C=O) groups excluding carboxylic acids is 1. The van der Waals surface area contributed by atoms with Gasteiger partial charge in [-0.05, 0) is 32.0 Å². The minimum absolute atomic E-state index is 0.0364. The molecule has 118 valence electrons. The van der Waals surface area contributed by atoms with Gasteiger partial charge in [0.25, 0.3) is 5.91 Å². The van der Waals surface area contributed by atoms with E-state index >= 15 is 0 Å². The molecule has 1 aromatic rings. The van der Waals surface area contributed by atoms with Crippen molar-refractivity contribution in [1.29, 1.82) is 0 Å². The average molecular weight is 323 g/mol. The molecule has 0 unspecified atom stereocenters. The van der Waals surface area contributed by atoms with Crippen LogP contribution in [0.4, 0.5) is 5.69 Å². The molecule has 0 saturated heterocycles. The summed E-state index contributed by atoms with van der Waals surface area (Å²) in [5.41, 5.74) is 2.52. The monoisotopic (exact) mass is 323 g/mol. The molecule has 7 heteroatoms. The molecule has 1 aromatic carbocycles. The third-order valence-electron chi connectivity index (χ3n) is 3.56. The molecular weight excluding hydrogens is 306 g/mol. The summed E-state index contributed by atoms with van der Waals surface area (Å²) < 4.78 is 24.4. The first-order chi connectivity index (χ1) is 10.1. The summed E-state index contributed by atoms with van der Waals surface area (Å²) in [5, 5.41) is 8.64. The highest BCUT2D eigenvalue weighted by atomic mass is 32.2. The lowest BCUT2D eigenvalue weighted by molar-refractivity contribution is -0.136. The summed E-state index contributed by atoms with van der Waals surface area (Å²) >= 11 is 0. The average Bonchev–Trinajstić information content (AvgIpc) is 2.68. The second kappa shape index (κ2) is 5.57. The molecule has 0 spiro atoms. The number of anilines is 1. The molecular formula is C15H17NO5S. The number of carbonyl (C=O) groups is 2. The Hall–Kier alpha value is -2.15. The smallest absolute Gasteiger partial charge is 0.304 e. The molecule has 1 aliphatic heterocycles. The maximum atomic E-state index is 12.2. The lowest BCUT2D eigenvalue weighted by Crippen LogP contribution is -2.20. The molecule has 2 rings (SSSR count). The Labute approximate surface area is 129 Å². The summed E-state index contributed by atoms with van der Waals surface area (Å²) in [6.07, 6.45) is -0.451. The number of benzene rings is 1. The Morgan fingerprint density at radius 2 is 1.91 bits per heavy atom. The predicted molar refractivity (Wildman–Crippen MR) is 82.4 cm³/mol. The molecule has 0 atom stereocenters. The van der Waals surface area contributed by atoms with Gasteiger partial charge >= 0.3 is 5.97 Å². The van der Waals surface area contributed by atoms with Crippen molar-refractivity contribution in [2.24, 2.45) is 0 Å². The number of hydrogen-bond acceptors (Lipinski definition) is 4. The Bertz CT molecular complexity index is 788. The second-order valence-corrected chi connectivity index (χ2v) is 7.49. The molecule has 1 N–H and O–H groups in total. The fourth-order valence-corrected chi connectivity index (χ4v) is 3.67. The number of allylic oxidation sites excluding steroid dienone is 1. The van der Waals surface area contributed by atoms with Crippen LogP contribution >= 0.6 is 0 Å². The van der Waals surface area contributed by atoms with Crippen LogP contribution in [0.5, 0.6) is 0 Å². The molecule has 1 heterocycles. The summed E-state index contributed by atoms with van der Waals surface area (Å²) in [6.45, 7) is 3.59. The van der Waals surface area contributed by atoms with Crippen molar-refractivity contribution in [1.82, 2.24) is 0 Å². The Kier molecular flexibility index (Phi) is 4.10. The van der Waals surface area contributed by atoms with E-state index in [-0.39, 0.29) is 10.8 Å². The van der Waals surface area contributed by atoms with Crippen molar-refractivity contribution in [3.8, 4) is 0 Å². The van der Waals surface area contributed by atoms with E-state index in [2.05, 4.69) is 0 Å². The number of carboxylic acid groups (broad SMARTS) is 1. The highest BCUT2D eigenvalue weighted by molar-refractivity contribution is 7.91. The molecule has 0 saturated carbocycles. The fourth-order valence-electron chi connectivity index (χ4n) is 2.42. The van der Waals surface area contributed by atoms with Crippen LogP contribution in [0.3, 0.4) is 0 Å². The summed E-state index contributed by atoms with van der Waals surface area (Å²) in [5.74, 6) is -1.80. The first kappa shape index (κ1) is 16.2. The van der Waals surface area contributed by atoms with Gasteiger partial charge in [-0.3, -0.25) is 9.59 Å². The van der Waals surface area contributed by atoms with Gasteiger partial charge in [-0.25, -0.2) is 8.42 Å². The van der Waals surface area contributed by atoms with Crippen molar-refractivity contribution in [3.05, 3.63) is 29.3 Å². The van der Waals surface area contributed by atoms with Gasteiger partial charge in [-0.2, -0.15) is 0 Å². The molecule has 1 amide bonds. The summed E-state index contributed by atoms with van der Waals surface area (Å²) in [4.78, 5) is 24.3. The highest BCUT2D eigenvalue weighted by Gasteiger charge is 2.31. The first-order valence-electron chi connectivity index (χ1n) is 6.69. The minimum Gasteiger partial charge on any atom is -0.481 e. The first-order valence-corrected chi connectivity index (χ1v) is 8.35. The molecule has 0 aromatic heterocycles. The van der Waals surface area contributed by atoms with Crippen LogP contribution < -0.4 is 4.90 Å². The van der Waals surface area contributed by atoms with Crippen molar-refractivity contribution >= 4 is 33.0 Å². The number of sulfone groups is 1. The van der Waals surface area contributed by atoms with Gasteiger partial charge in [0.05, 0.1) is 22.8 Å². The van der Waals surface area contributed by atoms with E-state index in [9.17, 15) is 18.0 Å². The number of likely N-dealkylation sites (N-methyl/N-ethyl adjacent to an activating group) is 1. The van der Waals surface area contributed by atoms with Gasteiger partial charge in [0.15, 0.2) is 9.84 Å². The van der Waals surface area contributed by atoms with Crippen LogP contribution in [0.15, 0.2) is 28.7 Å². The van der Waals surface area contributed by atoms with Crippen LogP contribution in [0, 0.1) is 0 Å². The van der Waals surface area contributed by atoms with Crippen molar-refractivity contribution in [2.45, 2.75) is 25.2 Å². The van der Waals surface area contributed by atoms with Gasteiger partial charge in [0.1, 0.15) is 0 Å². The summed E-state index contributed by atoms with van der Waals surface area (Å²) in [7, 11) is -2.06. The SMILES string of the molecule is CC(C)=C1C(=O)N(C)c2ccc(S(=O)(=O)CCC(=O)O)cc21. The fraction of sp³-hybridized carbons (Fsp3) is 0.333. The Balaban J connectivity index is 2.52. The zero-order valence-electron chi connectivity index (χ0n) is 12.6. The number of rotatable bonds is 4. The minimum atomic E-state index is -3.69. The van der Waals surface area contributed by atoms with E-state index in [0.29, 0.717) is 16.8 Å². The number of fused-ring (bicyclic) bond motifs is 1. The van der Waals surface area contributed by atoms with Gasteiger partial charge in [-0.15, -0.1) is 0 Å². The Morgan fingerprint density at radius 3 is 2.45 bits per heavy atom. The molecule has 0 aliphatic carbocycles. The third kappa shape index (κ3) is 2.76. The van der Waals surface area contributed by atoms with E-state index < -0.39 is 28.0 Å².